The number of ether oxygens (including phenoxy) is 3. The first kappa shape index (κ1) is 19.6. The zero-order valence-corrected chi connectivity index (χ0v) is 16.8. The van der Waals surface area contributed by atoms with E-state index in [9.17, 15) is 4.39 Å². The summed E-state index contributed by atoms with van der Waals surface area (Å²) in [6.07, 6.45) is 1.62. The largest absolute Gasteiger partial charge is 0.496 e. The van der Waals surface area contributed by atoms with Crippen molar-refractivity contribution in [3.8, 4) is 28.5 Å². The van der Waals surface area contributed by atoms with Crippen molar-refractivity contribution in [2.24, 2.45) is 10.1 Å². The number of benzene rings is 2. The summed E-state index contributed by atoms with van der Waals surface area (Å²) in [6, 6.07) is 10.0. The molecule has 0 fully saturated rings. The second-order valence-corrected chi connectivity index (χ2v) is 6.45. The van der Waals surface area contributed by atoms with Gasteiger partial charge < -0.3 is 14.2 Å². The Bertz CT molecular complexity index is 1070. The average molecular weight is 401 g/mol. The highest BCUT2D eigenvalue weighted by molar-refractivity contribution is 7.07. The molecule has 146 valence electrons. The quantitative estimate of drug-likeness (QED) is 0.591. The summed E-state index contributed by atoms with van der Waals surface area (Å²) in [6.45, 7) is 0. The molecule has 3 rings (SSSR count). The van der Waals surface area contributed by atoms with Crippen LogP contribution in [0.3, 0.4) is 0 Å². The molecular formula is C20H20FN3O3S. The molecule has 0 bridgehead atoms. The first-order chi connectivity index (χ1) is 13.6. The molecule has 0 unspecified atom stereocenters. The highest BCUT2D eigenvalue weighted by Crippen LogP contribution is 2.34. The maximum Gasteiger partial charge on any atom is 0.205 e. The molecule has 0 aliphatic carbocycles. The van der Waals surface area contributed by atoms with Crippen LogP contribution in [0.25, 0.3) is 11.3 Å². The molecule has 0 radical (unpaired) electrons. The molecule has 1 heterocycles. The van der Waals surface area contributed by atoms with Gasteiger partial charge in [-0.05, 0) is 18.2 Å². The van der Waals surface area contributed by atoms with Crippen molar-refractivity contribution in [3.05, 3.63) is 58.0 Å². The Hall–Kier alpha value is -3.13. The molecule has 3 aromatic rings. The summed E-state index contributed by atoms with van der Waals surface area (Å²) in [5.74, 6) is 1.35. The highest BCUT2D eigenvalue weighted by Gasteiger charge is 2.13. The third kappa shape index (κ3) is 3.77. The lowest BCUT2D eigenvalue weighted by Gasteiger charge is -2.12. The van der Waals surface area contributed by atoms with Crippen molar-refractivity contribution in [1.29, 1.82) is 0 Å². The van der Waals surface area contributed by atoms with E-state index in [4.69, 9.17) is 14.2 Å². The van der Waals surface area contributed by atoms with Gasteiger partial charge in [0.15, 0.2) is 11.5 Å². The number of thiazole rings is 1. The fraction of sp³-hybridized carbons (Fsp3) is 0.200. The molecule has 0 aliphatic rings. The van der Waals surface area contributed by atoms with Gasteiger partial charge in [-0.2, -0.15) is 5.10 Å². The number of rotatable bonds is 6. The molecule has 1 aromatic heterocycles. The summed E-state index contributed by atoms with van der Waals surface area (Å²) in [5, 5.41) is 6.35. The van der Waals surface area contributed by atoms with Gasteiger partial charge in [0.1, 0.15) is 11.6 Å². The van der Waals surface area contributed by atoms with Crippen LogP contribution in [0.2, 0.25) is 0 Å². The summed E-state index contributed by atoms with van der Waals surface area (Å²) in [5.41, 5.74) is 1.74. The van der Waals surface area contributed by atoms with Crippen molar-refractivity contribution < 1.29 is 18.6 Å². The molecule has 0 spiro atoms. The van der Waals surface area contributed by atoms with E-state index in [0.29, 0.717) is 38.9 Å². The van der Waals surface area contributed by atoms with E-state index in [0.717, 1.165) is 0 Å². The molecule has 0 amide bonds. The van der Waals surface area contributed by atoms with Gasteiger partial charge in [-0.15, -0.1) is 11.3 Å². The number of halogens is 1. The first-order valence-electron chi connectivity index (χ1n) is 8.35. The van der Waals surface area contributed by atoms with Gasteiger partial charge in [-0.1, -0.05) is 12.1 Å². The minimum absolute atomic E-state index is 0.324. The maximum atomic E-state index is 14.3. The van der Waals surface area contributed by atoms with Crippen molar-refractivity contribution in [3.63, 3.8) is 0 Å². The third-order valence-corrected chi connectivity index (χ3v) is 4.98. The molecule has 0 N–H and O–H groups in total. The number of methoxy groups -OCH3 is 3. The topological polar surface area (TPSA) is 57.3 Å². The molecule has 0 aliphatic heterocycles. The first-order valence-corrected chi connectivity index (χ1v) is 9.23. The Kier molecular flexibility index (Phi) is 6.10. The predicted molar refractivity (Wildman–Crippen MR) is 108 cm³/mol. The lowest BCUT2D eigenvalue weighted by molar-refractivity contribution is 0.349. The Labute approximate surface area is 166 Å². The van der Waals surface area contributed by atoms with Crippen molar-refractivity contribution in [1.82, 2.24) is 4.68 Å². The SMILES string of the molecule is CN=c1scc(-c2ccccc2F)n1N=Cc1cc(OC)c(OC)cc1OC. The van der Waals surface area contributed by atoms with E-state index >= 15 is 0 Å². The van der Waals surface area contributed by atoms with E-state index in [-0.39, 0.29) is 5.82 Å². The van der Waals surface area contributed by atoms with Crippen LogP contribution in [0.5, 0.6) is 17.2 Å². The minimum Gasteiger partial charge on any atom is -0.496 e. The third-order valence-electron chi connectivity index (χ3n) is 4.07. The van der Waals surface area contributed by atoms with Crippen LogP contribution in [0, 0.1) is 5.82 Å². The van der Waals surface area contributed by atoms with Crippen LogP contribution in [0.1, 0.15) is 5.56 Å². The van der Waals surface area contributed by atoms with Crippen molar-refractivity contribution in [2.75, 3.05) is 28.4 Å². The molecule has 0 saturated heterocycles. The van der Waals surface area contributed by atoms with Crippen LogP contribution in [-0.4, -0.2) is 39.3 Å². The van der Waals surface area contributed by atoms with E-state index in [2.05, 4.69) is 10.1 Å². The van der Waals surface area contributed by atoms with Crippen LogP contribution in [0.15, 0.2) is 51.9 Å². The number of hydrogen-bond donors (Lipinski definition) is 0. The molecule has 6 nitrogen and oxygen atoms in total. The molecule has 28 heavy (non-hydrogen) atoms. The van der Waals surface area contributed by atoms with Crippen LogP contribution < -0.4 is 19.0 Å². The van der Waals surface area contributed by atoms with Gasteiger partial charge in [0.25, 0.3) is 0 Å². The van der Waals surface area contributed by atoms with Gasteiger partial charge in [0, 0.05) is 29.6 Å². The highest BCUT2D eigenvalue weighted by atomic mass is 32.1. The molecule has 2 aromatic carbocycles. The maximum absolute atomic E-state index is 14.3. The van der Waals surface area contributed by atoms with Crippen molar-refractivity contribution >= 4 is 17.6 Å². The summed E-state index contributed by atoms with van der Waals surface area (Å²) < 4.78 is 32.0. The summed E-state index contributed by atoms with van der Waals surface area (Å²) in [7, 11) is 6.35. The van der Waals surface area contributed by atoms with E-state index in [1.54, 1.807) is 69.6 Å². The minimum atomic E-state index is -0.324. The molecule has 0 atom stereocenters. The Morgan fingerprint density at radius 2 is 1.68 bits per heavy atom. The molecule has 8 heteroatoms. The van der Waals surface area contributed by atoms with Gasteiger partial charge in [-0.3, -0.25) is 4.99 Å². The van der Waals surface area contributed by atoms with Gasteiger partial charge in [0.05, 0.1) is 33.2 Å². The van der Waals surface area contributed by atoms with Gasteiger partial charge in [-0.25, -0.2) is 9.07 Å². The van der Waals surface area contributed by atoms with Crippen LogP contribution >= 0.6 is 11.3 Å². The lowest BCUT2D eigenvalue weighted by Crippen LogP contribution is -2.12. The Morgan fingerprint density at radius 3 is 2.32 bits per heavy atom. The van der Waals surface area contributed by atoms with Gasteiger partial charge >= 0.3 is 0 Å². The number of aromatic nitrogens is 1. The smallest absolute Gasteiger partial charge is 0.205 e. The summed E-state index contributed by atoms with van der Waals surface area (Å²) in [4.78, 5) is 4.86. The average Bonchev–Trinajstić information content (AvgIpc) is 3.14. The normalized spacial score (nSPS) is 11.8. The fourth-order valence-electron chi connectivity index (χ4n) is 2.69. The standard InChI is InChI=1S/C20H20FN3O3S/c1-22-20-24(16(12-28-20)14-7-5-6-8-15(14)21)23-11-13-9-18(26-3)19(27-4)10-17(13)25-2/h5-12H,1-4H3. The van der Waals surface area contributed by atoms with E-state index in [1.807, 2.05) is 5.38 Å². The number of nitrogens with zero attached hydrogens (tertiary/aromatic N) is 3. The van der Waals surface area contributed by atoms with Crippen LogP contribution in [-0.2, 0) is 0 Å². The second-order valence-electron chi connectivity index (χ2n) is 5.61. The van der Waals surface area contributed by atoms with E-state index in [1.165, 1.54) is 17.4 Å². The predicted octanol–water partition coefficient (Wildman–Crippen LogP) is 3.79. The summed E-state index contributed by atoms with van der Waals surface area (Å²) >= 11 is 1.38. The lowest BCUT2D eigenvalue weighted by atomic mass is 10.1. The second kappa shape index (κ2) is 8.71. The Balaban J connectivity index is 2.11. The van der Waals surface area contributed by atoms with Crippen LogP contribution in [0.4, 0.5) is 4.39 Å². The monoisotopic (exact) mass is 401 g/mol. The molecule has 0 saturated carbocycles. The van der Waals surface area contributed by atoms with Crippen molar-refractivity contribution in [2.45, 2.75) is 0 Å². The zero-order chi connectivity index (χ0) is 20.1. The van der Waals surface area contributed by atoms with Gasteiger partial charge in [0.2, 0.25) is 4.80 Å². The van der Waals surface area contributed by atoms with E-state index < -0.39 is 0 Å². The zero-order valence-electron chi connectivity index (χ0n) is 16.0. The fourth-order valence-corrected chi connectivity index (χ4v) is 3.49. The molecular weight excluding hydrogens is 381 g/mol. The Morgan fingerprint density at radius 1 is 1.00 bits per heavy atom. The number of hydrogen-bond acceptors (Lipinski definition) is 6.